The van der Waals surface area contributed by atoms with Crippen LogP contribution in [0.3, 0.4) is 0 Å². The minimum atomic E-state index is -0.876. The summed E-state index contributed by atoms with van der Waals surface area (Å²) in [7, 11) is 0. The molecule has 6 nitrogen and oxygen atoms in total. The average Bonchev–Trinajstić information content (AvgIpc) is 3.30. The van der Waals surface area contributed by atoms with Crippen LogP contribution in [0.5, 0.6) is 0 Å². The van der Waals surface area contributed by atoms with Crippen molar-refractivity contribution in [3.05, 3.63) is 76.9 Å². The average molecular weight is 461 g/mol. The minimum absolute atomic E-state index is 0.0784. The Morgan fingerprint density at radius 3 is 2.44 bits per heavy atom. The Morgan fingerprint density at radius 2 is 1.71 bits per heavy atom. The summed E-state index contributed by atoms with van der Waals surface area (Å²) in [5, 5.41) is 2.69. The molecule has 34 heavy (non-hydrogen) atoms. The second kappa shape index (κ2) is 12.1. The standard InChI is InChI=1S/C28H32N2O4/c1-19(26(32)16-14-22-10-5-9-21-11-6-12-25(21)22)30-28(34)23(18-27(29)33)17-24(31)15-13-20-7-3-2-4-8-20/h2-10,12,19,23H,11,13-18H2,1H3,(H2,29,33)(H,30,34)/t19-,23-/m0/s1. The van der Waals surface area contributed by atoms with E-state index in [4.69, 9.17) is 5.73 Å². The van der Waals surface area contributed by atoms with Gasteiger partial charge in [-0.2, -0.15) is 0 Å². The van der Waals surface area contributed by atoms with Crippen molar-refractivity contribution in [3.63, 3.8) is 0 Å². The number of benzene rings is 2. The van der Waals surface area contributed by atoms with Gasteiger partial charge in [-0.1, -0.05) is 60.7 Å². The summed E-state index contributed by atoms with van der Waals surface area (Å²) in [5.41, 5.74) is 9.91. The van der Waals surface area contributed by atoms with Crippen LogP contribution in [0.15, 0.2) is 54.6 Å². The van der Waals surface area contributed by atoms with E-state index in [0.29, 0.717) is 19.3 Å². The highest BCUT2D eigenvalue weighted by molar-refractivity contribution is 5.93. The van der Waals surface area contributed by atoms with Crippen LogP contribution in [-0.2, 0) is 38.4 Å². The first-order chi connectivity index (χ1) is 16.3. The van der Waals surface area contributed by atoms with Gasteiger partial charge in [0, 0.05) is 25.7 Å². The number of hydrogen-bond acceptors (Lipinski definition) is 4. The van der Waals surface area contributed by atoms with Crippen molar-refractivity contribution in [2.45, 2.75) is 57.9 Å². The number of allylic oxidation sites excluding steroid dienone is 1. The molecule has 0 radical (unpaired) electrons. The van der Waals surface area contributed by atoms with Crippen LogP contribution in [0.2, 0.25) is 0 Å². The zero-order chi connectivity index (χ0) is 24.5. The number of amides is 2. The number of Topliss-reactive ketones (excluding diaryl/α,β-unsaturated/α-hetero) is 2. The SMILES string of the molecule is C[C@H](NC(=O)[C@H](CC(N)=O)CC(=O)CCc1ccccc1)C(=O)CCc1cccc2c1C=CC2. The van der Waals surface area contributed by atoms with Gasteiger partial charge >= 0.3 is 0 Å². The molecule has 3 N–H and O–H groups in total. The van der Waals surface area contributed by atoms with Gasteiger partial charge in [-0.25, -0.2) is 0 Å². The van der Waals surface area contributed by atoms with Gasteiger partial charge in [-0.15, -0.1) is 0 Å². The number of carbonyl (C=O) groups excluding carboxylic acids is 4. The van der Waals surface area contributed by atoms with Crippen molar-refractivity contribution in [3.8, 4) is 0 Å². The van der Waals surface area contributed by atoms with E-state index >= 15 is 0 Å². The van der Waals surface area contributed by atoms with E-state index in [1.54, 1.807) is 6.92 Å². The molecule has 178 valence electrons. The predicted molar refractivity (Wildman–Crippen MR) is 132 cm³/mol. The maximum Gasteiger partial charge on any atom is 0.224 e. The molecule has 2 aromatic rings. The van der Waals surface area contributed by atoms with Gasteiger partial charge in [0.05, 0.1) is 12.0 Å². The molecule has 0 bridgehead atoms. The molecule has 1 aliphatic carbocycles. The fraction of sp³-hybridized carbons (Fsp3) is 0.357. The Hall–Kier alpha value is -3.54. The molecule has 0 saturated carbocycles. The zero-order valence-corrected chi connectivity index (χ0v) is 19.6. The first kappa shape index (κ1) is 25.1. The van der Waals surface area contributed by atoms with E-state index in [2.05, 4.69) is 23.5 Å². The zero-order valence-electron chi connectivity index (χ0n) is 19.6. The third-order valence-corrected chi connectivity index (χ3v) is 6.22. The smallest absolute Gasteiger partial charge is 0.224 e. The molecular weight excluding hydrogens is 428 g/mol. The number of fused-ring (bicyclic) bond motifs is 1. The molecule has 0 heterocycles. The van der Waals surface area contributed by atoms with Gasteiger partial charge < -0.3 is 11.1 Å². The Kier molecular flexibility index (Phi) is 8.91. The summed E-state index contributed by atoms with van der Waals surface area (Å²) in [6.45, 7) is 1.63. The maximum absolute atomic E-state index is 12.8. The first-order valence-corrected chi connectivity index (χ1v) is 11.8. The number of aryl methyl sites for hydroxylation is 2. The summed E-state index contributed by atoms with van der Waals surface area (Å²) in [6.07, 6.45) is 6.53. The number of nitrogens with one attached hydrogen (secondary N) is 1. The van der Waals surface area contributed by atoms with Crippen LogP contribution >= 0.6 is 0 Å². The molecular formula is C28H32N2O4. The summed E-state index contributed by atoms with van der Waals surface area (Å²) in [6, 6.07) is 15.0. The van der Waals surface area contributed by atoms with Crippen LogP contribution in [0.4, 0.5) is 0 Å². The highest BCUT2D eigenvalue weighted by atomic mass is 16.2. The van der Waals surface area contributed by atoms with Crippen LogP contribution in [0.25, 0.3) is 6.08 Å². The van der Waals surface area contributed by atoms with E-state index in [1.807, 2.05) is 42.5 Å². The van der Waals surface area contributed by atoms with Gasteiger partial charge in [0.15, 0.2) is 5.78 Å². The fourth-order valence-corrected chi connectivity index (χ4v) is 4.27. The monoisotopic (exact) mass is 460 g/mol. The quantitative estimate of drug-likeness (QED) is 0.478. The maximum atomic E-state index is 12.8. The Balaban J connectivity index is 1.51. The van der Waals surface area contributed by atoms with Crippen molar-refractivity contribution >= 4 is 29.5 Å². The molecule has 2 aromatic carbocycles. The molecule has 0 aliphatic heterocycles. The summed E-state index contributed by atoms with van der Waals surface area (Å²) < 4.78 is 0. The first-order valence-electron chi connectivity index (χ1n) is 11.8. The van der Waals surface area contributed by atoms with Crippen molar-refractivity contribution in [1.82, 2.24) is 5.32 Å². The van der Waals surface area contributed by atoms with Gasteiger partial charge in [-0.05, 0) is 48.4 Å². The predicted octanol–water partition coefficient (Wildman–Crippen LogP) is 3.35. The lowest BCUT2D eigenvalue weighted by molar-refractivity contribution is -0.134. The molecule has 3 rings (SSSR count). The number of rotatable bonds is 13. The molecule has 1 aliphatic rings. The van der Waals surface area contributed by atoms with Crippen LogP contribution < -0.4 is 11.1 Å². The largest absolute Gasteiger partial charge is 0.370 e. The Labute approximate surface area is 200 Å². The second-order valence-electron chi connectivity index (χ2n) is 8.89. The third-order valence-electron chi connectivity index (χ3n) is 6.22. The van der Waals surface area contributed by atoms with E-state index in [-0.39, 0.29) is 30.8 Å². The Bertz CT molecular complexity index is 1080. The fourth-order valence-electron chi connectivity index (χ4n) is 4.27. The topological polar surface area (TPSA) is 106 Å². The number of nitrogens with two attached hydrogens (primary N) is 1. The van der Waals surface area contributed by atoms with Crippen LogP contribution in [-0.4, -0.2) is 29.4 Å². The van der Waals surface area contributed by atoms with Crippen LogP contribution in [0.1, 0.15) is 54.9 Å². The van der Waals surface area contributed by atoms with Gasteiger partial charge in [-0.3, -0.25) is 19.2 Å². The lowest BCUT2D eigenvalue weighted by Crippen LogP contribution is -2.43. The molecule has 0 spiro atoms. The van der Waals surface area contributed by atoms with E-state index in [1.165, 1.54) is 11.1 Å². The van der Waals surface area contributed by atoms with Crippen molar-refractivity contribution in [1.29, 1.82) is 0 Å². The summed E-state index contributed by atoms with van der Waals surface area (Å²) >= 11 is 0. The molecule has 0 unspecified atom stereocenters. The normalized spacial score (nSPS) is 13.7. The highest BCUT2D eigenvalue weighted by Crippen LogP contribution is 2.24. The van der Waals surface area contributed by atoms with Gasteiger partial charge in [0.2, 0.25) is 11.8 Å². The summed E-state index contributed by atoms with van der Waals surface area (Å²) in [5.74, 6) is -2.23. The molecule has 0 aromatic heterocycles. The molecule has 2 amide bonds. The second-order valence-corrected chi connectivity index (χ2v) is 8.89. The van der Waals surface area contributed by atoms with E-state index in [0.717, 1.165) is 17.5 Å². The lowest BCUT2D eigenvalue weighted by Gasteiger charge is -2.19. The van der Waals surface area contributed by atoms with Crippen LogP contribution in [0, 0.1) is 5.92 Å². The number of hydrogen-bond donors (Lipinski definition) is 2. The lowest BCUT2D eigenvalue weighted by atomic mass is 9.93. The van der Waals surface area contributed by atoms with Crippen molar-refractivity contribution in [2.24, 2.45) is 11.7 Å². The molecule has 0 fully saturated rings. The van der Waals surface area contributed by atoms with Crippen molar-refractivity contribution < 1.29 is 19.2 Å². The minimum Gasteiger partial charge on any atom is -0.370 e. The molecule has 6 heteroatoms. The number of ketones is 2. The molecule has 2 atom stereocenters. The highest BCUT2D eigenvalue weighted by Gasteiger charge is 2.26. The third kappa shape index (κ3) is 7.24. The number of carbonyl (C=O) groups is 4. The Morgan fingerprint density at radius 1 is 0.941 bits per heavy atom. The summed E-state index contributed by atoms with van der Waals surface area (Å²) in [4.78, 5) is 49.5. The van der Waals surface area contributed by atoms with Gasteiger partial charge in [0.1, 0.15) is 5.78 Å². The van der Waals surface area contributed by atoms with Gasteiger partial charge in [0.25, 0.3) is 0 Å². The van der Waals surface area contributed by atoms with E-state index in [9.17, 15) is 19.2 Å². The van der Waals surface area contributed by atoms with Crippen molar-refractivity contribution in [2.75, 3.05) is 0 Å². The number of primary amides is 1. The molecule has 0 saturated heterocycles. The van der Waals surface area contributed by atoms with E-state index < -0.39 is 23.8 Å².